The van der Waals surface area contributed by atoms with Crippen molar-refractivity contribution >= 4 is 11.6 Å². The summed E-state index contributed by atoms with van der Waals surface area (Å²) in [7, 11) is 1.88. The molecule has 1 aromatic rings. The first kappa shape index (κ1) is 16.0. The van der Waals surface area contributed by atoms with Crippen molar-refractivity contribution in [3.05, 3.63) is 11.9 Å². The minimum Gasteiger partial charge on any atom is -0.374 e. The van der Waals surface area contributed by atoms with E-state index in [4.69, 9.17) is 4.74 Å². The van der Waals surface area contributed by atoms with Gasteiger partial charge in [-0.1, -0.05) is 26.2 Å². The molecule has 0 aliphatic heterocycles. The first-order valence-corrected chi connectivity index (χ1v) is 8.15. The largest absolute Gasteiger partial charge is 0.374 e. The van der Waals surface area contributed by atoms with Crippen LogP contribution in [0.5, 0.6) is 0 Å². The second-order valence-corrected chi connectivity index (χ2v) is 5.72. The Kier molecular flexibility index (Phi) is 6.23. The number of hydrogen-bond acceptors (Lipinski definition) is 5. The lowest BCUT2D eigenvalue weighted by Crippen LogP contribution is -2.27. The predicted octanol–water partition coefficient (Wildman–Crippen LogP) is 3.44. The fourth-order valence-electron chi connectivity index (χ4n) is 2.96. The molecule has 1 saturated carbocycles. The van der Waals surface area contributed by atoms with Gasteiger partial charge in [0, 0.05) is 25.8 Å². The van der Waals surface area contributed by atoms with Gasteiger partial charge in [0.2, 0.25) is 0 Å². The predicted molar refractivity (Wildman–Crippen MR) is 86.6 cm³/mol. The van der Waals surface area contributed by atoms with Gasteiger partial charge in [0.05, 0.1) is 0 Å². The maximum Gasteiger partial charge on any atom is 0.158 e. The zero-order valence-electron chi connectivity index (χ0n) is 13.5. The molecule has 2 atom stereocenters. The monoisotopic (exact) mass is 292 g/mol. The van der Waals surface area contributed by atoms with Crippen molar-refractivity contribution in [2.45, 2.75) is 58.6 Å². The molecule has 0 radical (unpaired) electrons. The van der Waals surface area contributed by atoms with Gasteiger partial charge in [0.15, 0.2) is 5.82 Å². The van der Waals surface area contributed by atoms with E-state index < -0.39 is 0 Å². The lowest BCUT2D eigenvalue weighted by Gasteiger charge is -2.29. The maximum atomic E-state index is 5.42. The summed E-state index contributed by atoms with van der Waals surface area (Å²) >= 11 is 0. The van der Waals surface area contributed by atoms with Crippen LogP contribution in [0.2, 0.25) is 0 Å². The summed E-state index contributed by atoms with van der Waals surface area (Å²) in [6, 6.07) is 2.51. The Morgan fingerprint density at radius 1 is 1.24 bits per heavy atom. The average molecular weight is 292 g/mol. The minimum atomic E-state index is 0.461. The fraction of sp³-hybridized carbons (Fsp3) is 0.750. The molecule has 0 spiro atoms. The van der Waals surface area contributed by atoms with Gasteiger partial charge in [-0.15, -0.1) is 0 Å². The van der Waals surface area contributed by atoms with E-state index in [1.165, 1.54) is 32.1 Å². The molecule has 2 rings (SSSR count). The summed E-state index contributed by atoms with van der Waals surface area (Å²) < 4.78 is 5.42. The van der Waals surface area contributed by atoms with E-state index in [1.54, 1.807) is 0 Å². The molecule has 2 N–H and O–H groups in total. The number of anilines is 2. The van der Waals surface area contributed by atoms with Crippen molar-refractivity contribution < 1.29 is 4.74 Å². The van der Waals surface area contributed by atoms with E-state index in [0.29, 0.717) is 19.3 Å². The van der Waals surface area contributed by atoms with Gasteiger partial charge >= 0.3 is 0 Å². The average Bonchev–Trinajstić information content (AvgIpc) is 2.52. The van der Waals surface area contributed by atoms with Crippen LogP contribution in [0.4, 0.5) is 11.6 Å². The highest BCUT2D eigenvalue weighted by atomic mass is 16.5. The first-order chi connectivity index (χ1) is 10.2. The van der Waals surface area contributed by atoms with Crippen molar-refractivity contribution in [3.8, 4) is 0 Å². The van der Waals surface area contributed by atoms with Crippen LogP contribution in [0.1, 0.15) is 51.8 Å². The Morgan fingerprint density at radius 2 is 2.05 bits per heavy atom. The van der Waals surface area contributed by atoms with E-state index in [-0.39, 0.29) is 0 Å². The molecule has 118 valence electrons. The molecule has 2 unspecified atom stereocenters. The van der Waals surface area contributed by atoms with Crippen LogP contribution >= 0.6 is 0 Å². The van der Waals surface area contributed by atoms with Crippen LogP contribution in [0.15, 0.2) is 6.07 Å². The Labute approximate surface area is 127 Å². The normalized spacial score (nSPS) is 22.0. The molecule has 1 aliphatic rings. The van der Waals surface area contributed by atoms with Crippen molar-refractivity contribution in [3.63, 3.8) is 0 Å². The second-order valence-electron chi connectivity index (χ2n) is 5.72. The van der Waals surface area contributed by atoms with E-state index in [9.17, 15) is 0 Å². The van der Waals surface area contributed by atoms with Crippen LogP contribution in [0, 0.1) is 5.92 Å². The summed E-state index contributed by atoms with van der Waals surface area (Å²) in [6.45, 7) is 5.41. The standard InChI is InChI=1S/C16H28N4O/c1-4-12-7-6-8-13(9-12)18-15-10-14(17-3)19-16(20-15)11-21-5-2/h10,12-13H,4-9,11H2,1-3H3,(H2,17,18,19,20). The Hall–Kier alpha value is -1.36. The van der Waals surface area contributed by atoms with Crippen LogP contribution in [-0.2, 0) is 11.3 Å². The number of aromatic nitrogens is 2. The van der Waals surface area contributed by atoms with Gasteiger partial charge in [0.25, 0.3) is 0 Å². The van der Waals surface area contributed by atoms with Crippen molar-refractivity contribution in [2.75, 3.05) is 24.3 Å². The van der Waals surface area contributed by atoms with Crippen LogP contribution < -0.4 is 10.6 Å². The third kappa shape index (κ3) is 4.84. The molecule has 21 heavy (non-hydrogen) atoms. The summed E-state index contributed by atoms with van der Waals surface area (Å²) in [5.74, 6) is 3.33. The van der Waals surface area contributed by atoms with Crippen molar-refractivity contribution in [1.29, 1.82) is 0 Å². The smallest absolute Gasteiger partial charge is 0.158 e. The van der Waals surface area contributed by atoms with E-state index in [2.05, 4.69) is 27.5 Å². The fourth-order valence-corrected chi connectivity index (χ4v) is 2.96. The summed E-state index contributed by atoms with van der Waals surface area (Å²) in [6.07, 6.45) is 6.44. The Morgan fingerprint density at radius 3 is 2.76 bits per heavy atom. The molecule has 1 aliphatic carbocycles. The molecule has 0 bridgehead atoms. The number of nitrogens with zero attached hydrogens (tertiary/aromatic N) is 2. The van der Waals surface area contributed by atoms with E-state index in [0.717, 1.165) is 23.4 Å². The highest BCUT2D eigenvalue weighted by Gasteiger charge is 2.21. The van der Waals surface area contributed by atoms with Gasteiger partial charge < -0.3 is 15.4 Å². The first-order valence-electron chi connectivity index (χ1n) is 8.15. The lowest BCUT2D eigenvalue weighted by atomic mass is 9.84. The van der Waals surface area contributed by atoms with Crippen LogP contribution in [0.25, 0.3) is 0 Å². The third-order valence-electron chi connectivity index (χ3n) is 4.18. The van der Waals surface area contributed by atoms with E-state index in [1.807, 2.05) is 20.0 Å². The third-order valence-corrected chi connectivity index (χ3v) is 4.18. The quantitative estimate of drug-likeness (QED) is 0.806. The SMILES string of the molecule is CCOCc1nc(NC)cc(NC2CCCC(CC)C2)n1. The number of ether oxygens (including phenoxy) is 1. The Bertz CT molecular complexity index is 438. The molecule has 5 heteroatoms. The molecule has 0 amide bonds. The van der Waals surface area contributed by atoms with Crippen LogP contribution in [0.3, 0.4) is 0 Å². The topological polar surface area (TPSA) is 59.1 Å². The highest BCUT2D eigenvalue weighted by Crippen LogP contribution is 2.28. The zero-order chi connectivity index (χ0) is 15.1. The summed E-state index contributed by atoms with van der Waals surface area (Å²) in [5, 5.41) is 6.68. The molecule has 1 fully saturated rings. The molecule has 0 saturated heterocycles. The van der Waals surface area contributed by atoms with Gasteiger partial charge in [-0.3, -0.25) is 0 Å². The van der Waals surface area contributed by atoms with Gasteiger partial charge in [-0.2, -0.15) is 0 Å². The Balaban J connectivity index is 2.03. The number of rotatable bonds is 7. The molecule has 1 heterocycles. The summed E-state index contributed by atoms with van der Waals surface area (Å²) in [5.41, 5.74) is 0. The number of hydrogen-bond donors (Lipinski definition) is 2. The molecule has 0 aromatic carbocycles. The molecule has 1 aromatic heterocycles. The van der Waals surface area contributed by atoms with Crippen molar-refractivity contribution in [2.24, 2.45) is 5.92 Å². The number of nitrogens with one attached hydrogen (secondary N) is 2. The molecular weight excluding hydrogens is 264 g/mol. The van der Waals surface area contributed by atoms with Gasteiger partial charge in [0.1, 0.15) is 18.2 Å². The minimum absolute atomic E-state index is 0.461. The zero-order valence-corrected chi connectivity index (χ0v) is 13.5. The van der Waals surface area contributed by atoms with E-state index >= 15 is 0 Å². The highest BCUT2D eigenvalue weighted by molar-refractivity contribution is 5.47. The second kappa shape index (κ2) is 8.17. The maximum absolute atomic E-state index is 5.42. The molecule has 5 nitrogen and oxygen atoms in total. The van der Waals surface area contributed by atoms with Crippen molar-refractivity contribution in [1.82, 2.24) is 9.97 Å². The lowest BCUT2D eigenvalue weighted by molar-refractivity contribution is 0.128. The van der Waals surface area contributed by atoms with Crippen LogP contribution in [-0.4, -0.2) is 29.7 Å². The van der Waals surface area contributed by atoms with Gasteiger partial charge in [-0.05, 0) is 25.7 Å². The molecular formula is C16H28N4O. The summed E-state index contributed by atoms with van der Waals surface area (Å²) in [4.78, 5) is 9.00. The van der Waals surface area contributed by atoms with Gasteiger partial charge in [-0.25, -0.2) is 9.97 Å².